The van der Waals surface area contributed by atoms with Gasteiger partial charge in [0.1, 0.15) is 21.6 Å². The molecule has 2 aromatic rings. The van der Waals surface area contributed by atoms with Crippen molar-refractivity contribution in [3.63, 3.8) is 0 Å². The molecule has 0 saturated heterocycles. The van der Waals surface area contributed by atoms with Crippen LogP contribution in [0.5, 0.6) is 11.5 Å². The second-order valence-corrected chi connectivity index (χ2v) is 9.28. The van der Waals surface area contributed by atoms with Crippen molar-refractivity contribution < 1.29 is 47.3 Å². The van der Waals surface area contributed by atoms with Crippen LogP contribution in [0.15, 0.2) is 53.4 Å². The monoisotopic (exact) mass is 454 g/mol. The minimum atomic E-state index is -4.57. The van der Waals surface area contributed by atoms with Crippen LogP contribution in [0.3, 0.4) is 0 Å². The van der Waals surface area contributed by atoms with Gasteiger partial charge < -0.3 is 9.29 Å². The van der Waals surface area contributed by atoms with Crippen molar-refractivity contribution >= 4 is 10.1 Å². The standard InChI is InChI=1S/C25H36O4S.Na/c1-2-3-4-5-6-7-8-9-10-11-12-15-22-18-20-23(21-19-22)29-24-16-13-14-17-25(24)30(26,27)28;/h13-14,16-21H,2-12,15H2,1H3,(H,26,27,28);/q;+1/p-1. The zero-order chi connectivity index (χ0) is 21.7. The third-order valence-electron chi connectivity index (χ3n) is 5.34. The summed E-state index contributed by atoms with van der Waals surface area (Å²) >= 11 is 0. The van der Waals surface area contributed by atoms with Crippen LogP contribution in [0.25, 0.3) is 0 Å². The van der Waals surface area contributed by atoms with E-state index < -0.39 is 10.1 Å². The van der Waals surface area contributed by atoms with Gasteiger partial charge in [-0.2, -0.15) is 0 Å². The molecular formula is C25H35NaO4S. The SMILES string of the molecule is CCCCCCCCCCCCCc1ccc(Oc2ccccc2S(=O)(=O)[O-])cc1.[Na+]. The zero-order valence-electron chi connectivity index (χ0n) is 19.1. The Morgan fingerprint density at radius 1 is 0.742 bits per heavy atom. The molecular weight excluding hydrogens is 419 g/mol. The molecule has 0 N–H and O–H groups in total. The van der Waals surface area contributed by atoms with Crippen LogP contribution < -0.4 is 34.3 Å². The Hall–Kier alpha value is -0.850. The second kappa shape index (κ2) is 15.9. The van der Waals surface area contributed by atoms with Gasteiger partial charge in [-0.05, 0) is 42.7 Å². The van der Waals surface area contributed by atoms with Gasteiger partial charge >= 0.3 is 29.6 Å². The summed E-state index contributed by atoms with van der Waals surface area (Å²) in [4.78, 5) is -0.338. The molecule has 0 saturated carbocycles. The maximum absolute atomic E-state index is 11.3. The Kier molecular flexibility index (Phi) is 14.4. The van der Waals surface area contributed by atoms with Gasteiger partial charge in [0, 0.05) is 0 Å². The van der Waals surface area contributed by atoms with E-state index in [1.54, 1.807) is 6.07 Å². The number of aryl methyl sites for hydroxylation is 1. The summed E-state index contributed by atoms with van der Waals surface area (Å²) in [6, 6.07) is 13.5. The minimum Gasteiger partial charge on any atom is -0.744 e. The van der Waals surface area contributed by atoms with E-state index >= 15 is 0 Å². The minimum absolute atomic E-state index is 0. The Balaban J connectivity index is 0.00000480. The van der Waals surface area contributed by atoms with Gasteiger partial charge in [-0.15, -0.1) is 0 Å². The number of ether oxygens (including phenoxy) is 1. The number of hydrogen-bond acceptors (Lipinski definition) is 4. The number of para-hydroxylation sites is 1. The van der Waals surface area contributed by atoms with Crippen LogP contribution in [-0.2, 0) is 16.5 Å². The van der Waals surface area contributed by atoms with Crippen molar-refractivity contribution in [1.29, 1.82) is 0 Å². The van der Waals surface area contributed by atoms with E-state index in [0.29, 0.717) is 5.75 Å². The number of benzene rings is 2. The normalized spacial score (nSPS) is 11.2. The largest absolute Gasteiger partial charge is 1.00 e. The molecule has 0 aliphatic heterocycles. The van der Waals surface area contributed by atoms with E-state index in [9.17, 15) is 13.0 Å². The first-order valence-corrected chi connectivity index (χ1v) is 12.7. The van der Waals surface area contributed by atoms with Gasteiger partial charge in [0.25, 0.3) is 0 Å². The summed E-state index contributed by atoms with van der Waals surface area (Å²) in [6.45, 7) is 2.26. The summed E-state index contributed by atoms with van der Waals surface area (Å²) in [5.41, 5.74) is 1.24. The second-order valence-electron chi connectivity index (χ2n) is 7.93. The molecule has 31 heavy (non-hydrogen) atoms. The summed E-state index contributed by atoms with van der Waals surface area (Å²) in [5.74, 6) is 0.583. The van der Waals surface area contributed by atoms with Crippen molar-refractivity contribution in [2.75, 3.05) is 0 Å². The summed E-state index contributed by atoms with van der Waals surface area (Å²) in [7, 11) is -4.57. The molecule has 0 aliphatic carbocycles. The fourth-order valence-corrected chi connectivity index (χ4v) is 4.19. The summed E-state index contributed by atoms with van der Waals surface area (Å²) < 4.78 is 39.7. The average molecular weight is 455 g/mol. The molecule has 2 aromatic carbocycles. The molecule has 0 unspecified atom stereocenters. The topological polar surface area (TPSA) is 66.4 Å². The molecule has 0 amide bonds. The Bertz CT molecular complexity index is 835. The molecule has 0 aromatic heterocycles. The fourth-order valence-electron chi connectivity index (χ4n) is 3.59. The quantitative estimate of drug-likeness (QED) is 0.229. The van der Waals surface area contributed by atoms with E-state index in [-0.39, 0.29) is 40.2 Å². The smallest absolute Gasteiger partial charge is 0.744 e. The van der Waals surface area contributed by atoms with Gasteiger partial charge in [-0.1, -0.05) is 95.4 Å². The Morgan fingerprint density at radius 3 is 1.81 bits per heavy atom. The molecule has 2 rings (SSSR count). The Morgan fingerprint density at radius 2 is 1.26 bits per heavy atom. The van der Waals surface area contributed by atoms with Crippen LogP contribution in [0.1, 0.15) is 83.1 Å². The molecule has 4 nitrogen and oxygen atoms in total. The molecule has 0 spiro atoms. The third kappa shape index (κ3) is 11.5. The van der Waals surface area contributed by atoms with Gasteiger partial charge in [0.15, 0.2) is 0 Å². The molecule has 0 bridgehead atoms. The molecule has 0 aliphatic rings. The average Bonchev–Trinajstić information content (AvgIpc) is 2.73. The van der Waals surface area contributed by atoms with E-state index in [2.05, 4.69) is 6.92 Å². The first-order chi connectivity index (χ1) is 14.5. The van der Waals surface area contributed by atoms with Crippen LogP contribution in [-0.4, -0.2) is 13.0 Å². The molecule has 0 fully saturated rings. The number of rotatable bonds is 15. The third-order valence-corrected chi connectivity index (χ3v) is 6.21. The van der Waals surface area contributed by atoms with Crippen molar-refractivity contribution in [3.05, 3.63) is 54.1 Å². The molecule has 0 atom stereocenters. The van der Waals surface area contributed by atoms with Crippen molar-refractivity contribution in [2.24, 2.45) is 0 Å². The van der Waals surface area contributed by atoms with E-state index in [1.807, 2.05) is 24.3 Å². The fraction of sp³-hybridized carbons (Fsp3) is 0.520. The van der Waals surface area contributed by atoms with Gasteiger partial charge in [-0.25, -0.2) is 8.42 Å². The van der Waals surface area contributed by atoms with Crippen molar-refractivity contribution in [3.8, 4) is 11.5 Å². The number of unbranched alkanes of at least 4 members (excludes halogenated alkanes) is 10. The van der Waals surface area contributed by atoms with Gasteiger partial charge in [0.05, 0.1) is 4.90 Å². The van der Waals surface area contributed by atoms with Gasteiger partial charge in [-0.3, -0.25) is 0 Å². The van der Waals surface area contributed by atoms with Gasteiger partial charge in [0.2, 0.25) is 0 Å². The van der Waals surface area contributed by atoms with Crippen LogP contribution in [0, 0.1) is 0 Å². The number of hydrogen-bond donors (Lipinski definition) is 0. The summed E-state index contributed by atoms with van der Waals surface area (Å²) in [6.07, 6.45) is 15.7. The van der Waals surface area contributed by atoms with Crippen molar-refractivity contribution in [2.45, 2.75) is 88.9 Å². The zero-order valence-corrected chi connectivity index (χ0v) is 22.0. The van der Waals surface area contributed by atoms with E-state index in [1.165, 1.54) is 94.4 Å². The van der Waals surface area contributed by atoms with E-state index in [0.717, 1.165) is 6.42 Å². The first kappa shape index (κ1) is 28.2. The maximum Gasteiger partial charge on any atom is 1.00 e. The van der Waals surface area contributed by atoms with Crippen LogP contribution >= 0.6 is 0 Å². The molecule has 6 heteroatoms. The van der Waals surface area contributed by atoms with Crippen molar-refractivity contribution in [1.82, 2.24) is 0 Å². The predicted molar refractivity (Wildman–Crippen MR) is 121 cm³/mol. The molecule has 0 heterocycles. The Labute approximate surface area is 210 Å². The summed E-state index contributed by atoms with van der Waals surface area (Å²) in [5, 5.41) is 0. The van der Waals surface area contributed by atoms with Crippen LogP contribution in [0.4, 0.5) is 0 Å². The predicted octanol–water partition coefficient (Wildman–Crippen LogP) is 4.24. The molecule has 166 valence electrons. The van der Waals surface area contributed by atoms with E-state index in [4.69, 9.17) is 4.74 Å². The maximum atomic E-state index is 11.3. The molecule has 0 radical (unpaired) electrons. The van der Waals surface area contributed by atoms with Crippen LogP contribution in [0.2, 0.25) is 0 Å². The first-order valence-electron chi connectivity index (χ1n) is 11.3.